The molecule has 0 aromatic heterocycles. The first kappa shape index (κ1) is 21.6. The number of nitrogens with zero attached hydrogens (tertiary/aromatic N) is 1. The maximum absolute atomic E-state index is 12.4. The molecule has 0 saturated heterocycles. The van der Waals surface area contributed by atoms with E-state index in [1.54, 1.807) is 40.7 Å². The third kappa shape index (κ3) is 5.42. The minimum absolute atomic E-state index is 0.0709. The van der Waals surface area contributed by atoms with Gasteiger partial charge in [-0.25, -0.2) is 4.79 Å². The molecule has 1 aliphatic rings. The Morgan fingerprint density at radius 3 is 2.43 bits per heavy atom. The van der Waals surface area contributed by atoms with E-state index in [4.69, 9.17) is 9.47 Å². The lowest BCUT2D eigenvalue weighted by molar-refractivity contribution is -0.420. The molecule has 7 nitrogen and oxygen atoms in total. The summed E-state index contributed by atoms with van der Waals surface area (Å²) in [6.45, 7) is 9.11. The Morgan fingerprint density at radius 2 is 1.86 bits per heavy atom. The average molecular weight is 388 g/mol. The van der Waals surface area contributed by atoms with E-state index in [9.17, 15) is 14.9 Å². The highest BCUT2D eigenvalue weighted by Gasteiger charge is 2.48. The van der Waals surface area contributed by atoms with Crippen LogP contribution < -0.4 is 5.32 Å². The van der Waals surface area contributed by atoms with Gasteiger partial charge in [-0.05, 0) is 40.2 Å². The Labute approximate surface area is 165 Å². The average Bonchev–Trinajstić information content (AvgIpc) is 2.58. The van der Waals surface area contributed by atoms with E-state index in [1.807, 2.05) is 30.3 Å². The molecule has 1 N–H and O–H groups in total. The predicted octanol–water partition coefficient (Wildman–Crippen LogP) is 4.37. The van der Waals surface area contributed by atoms with Gasteiger partial charge in [0, 0.05) is 18.6 Å². The fraction of sp³-hybridized carbons (Fsp3) is 0.476. The Kier molecular flexibility index (Phi) is 6.29. The van der Waals surface area contributed by atoms with E-state index in [1.165, 1.54) is 12.2 Å². The summed E-state index contributed by atoms with van der Waals surface area (Å²) in [7, 11) is 0. The maximum atomic E-state index is 12.4. The SMILES string of the molecule is CC(C)(C)OC(=O)NC(C)(C)C1(OCc2ccccc2)C=C([N+](=O)[O-])C=CC1. The quantitative estimate of drug-likeness (QED) is 0.577. The second-order valence-electron chi connectivity index (χ2n) is 8.35. The normalized spacial score (nSPS) is 19.7. The van der Waals surface area contributed by atoms with Crippen LogP contribution in [0.15, 0.2) is 54.3 Å². The van der Waals surface area contributed by atoms with Gasteiger partial charge in [-0.3, -0.25) is 10.1 Å². The monoisotopic (exact) mass is 388 g/mol. The smallest absolute Gasteiger partial charge is 0.408 e. The van der Waals surface area contributed by atoms with Crippen molar-refractivity contribution < 1.29 is 19.2 Å². The molecule has 1 amide bonds. The fourth-order valence-electron chi connectivity index (χ4n) is 2.98. The summed E-state index contributed by atoms with van der Waals surface area (Å²) in [4.78, 5) is 23.3. The zero-order valence-electron chi connectivity index (χ0n) is 17.0. The van der Waals surface area contributed by atoms with Crippen molar-refractivity contribution in [3.05, 3.63) is 69.9 Å². The molecule has 1 aromatic rings. The van der Waals surface area contributed by atoms with Crippen molar-refractivity contribution in [3.63, 3.8) is 0 Å². The summed E-state index contributed by atoms with van der Waals surface area (Å²) >= 11 is 0. The summed E-state index contributed by atoms with van der Waals surface area (Å²) in [5.74, 6) is 0. The molecule has 7 heteroatoms. The van der Waals surface area contributed by atoms with E-state index in [-0.39, 0.29) is 12.3 Å². The molecule has 2 rings (SSSR count). The maximum Gasteiger partial charge on any atom is 0.408 e. The molecule has 0 radical (unpaired) electrons. The number of amides is 1. The van der Waals surface area contributed by atoms with Gasteiger partial charge >= 0.3 is 6.09 Å². The number of allylic oxidation sites excluding steroid dienone is 1. The number of nitro groups is 1. The van der Waals surface area contributed by atoms with Crippen molar-refractivity contribution >= 4 is 6.09 Å². The fourth-order valence-corrected chi connectivity index (χ4v) is 2.98. The standard InChI is InChI=1S/C21H28N2O5/c1-19(2,3)28-18(24)22-20(4,5)21(13-9-12-17(14-21)23(25)26)27-15-16-10-7-6-8-11-16/h6-12,14H,13,15H2,1-5H3,(H,22,24). The predicted molar refractivity (Wildman–Crippen MR) is 106 cm³/mol. The molecule has 1 aromatic carbocycles. The van der Waals surface area contributed by atoms with Crippen molar-refractivity contribution in [1.29, 1.82) is 0 Å². The molecular formula is C21H28N2O5. The molecule has 1 aliphatic carbocycles. The van der Waals surface area contributed by atoms with Crippen molar-refractivity contribution in [2.75, 3.05) is 0 Å². The molecule has 0 fully saturated rings. The van der Waals surface area contributed by atoms with Gasteiger partial charge in [0.1, 0.15) is 11.2 Å². The molecular weight excluding hydrogens is 360 g/mol. The van der Waals surface area contributed by atoms with Crippen LogP contribution in [0.4, 0.5) is 4.79 Å². The summed E-state index contributed by atoms with van der Waals surface area (Å²) in [6.07, 6.45) is 4.40. The largest absolute Gasteiger partial charge is 0.444 e. The van der Waals surface area contributed by atoms with Gasteiger partial charge in [0.2, 0.25) is 0 Å². The van der Waals surface area contributed by atoms with E-state index in [2.05, 4.69) is 5.32 Å². The van der Waals surface area contributed by atoms with Crippen molar-refractivity contribution in [2.24, 2.45) is 0 Å². The Hall–Kier alpha value is -2.67. The second kappa shape index (κ2) is 8.14. The number of hydrogen-bond donors (Lipinski definition) is 1. The minimum atomic E-state index is -1.11. The van der Waals surface area contributed by atoms with Crippen LogP contribution in [0, 0.1) is 10.1 Å². The van der Waals surface area contributed by atoms with Crippen LogP contribution in [-0.2, 0) is 16.1 Å². The zero-order chi connectivity index (χ0) is 21.0. The lowest BCUT2D eigenvalue weighted by Gasteiger charge is -2.45. The molecule has 1 unspecified atom stereocenters. The highest BCUT2D eigenvalue weighted by molar-refractivity contribution is 5.69. The van der Waals surface area contributed by atoms with Gasteiger partial charge < -0.3 is 14.8 Å². The van der Waals surface area contributed by atoms with Gasteiger partial charge in [-0.15, -0.1) is 0 Å². The molecule has 152 valence electrons. The van der Waals surface area contributed by atoms with Gasteiger partial charge in [0.25, 0.3) is 5.70 Å². The topological polar surface area (TPSA) is 90.7 Å². The van der Waals surface area contributed by atoms with E-state index < -0.39 is 27.8 Å². The first-order valence-corrected chi connectivity index (χ1v) is 9.17. The van der Waals surface area contributed by atoms with Crippen LogP contribution in [-0.4, -0.2) is 27.8 Å². The summed E-state index contributed by atoms with van der Waals surface area (Å²) in [5, 5.41) is 14.2. The summed E-state index contributed by atoms with van der Waals surface area (Å²) in [5.41, 5.74) is -1.89. The Bertz CT molecular complexity index is 778. The van der Waals surface area contributed by atoms with Crippen LogP contribution in [0.3, 0.4) is 0 Å². The third-order valence-corrected chi connectivity index (χ3v) is 4.51. The van der Waals surface area contributed by atoms with Crippen molar-refractivity contribution in [3.8, 4) is 0 Å². The van der Waals surface area contributed by atoms with Crippen molar-refractivity contribution in [2.45, 2.75) is 64.4 Å². The summed E-state index contributed by atoms with van der Waals surface area (Å²) in [6, 6.07) is 9.53. The number of alkyl carbamates (subject to hydrolysis) is 1. The Morgan fingerprint density at radius 1 is 1.21 bits per heavy atom. The number of hydrogen-bond acceptors (Lipinski definition) is 5. The number of benzene rings is 1. The molecule has 0 saturated carbocycles. The van der Waals surface area contributed by atoms with Crippen LogP contribution in [0.5, 0.6) is 0 Å². The van der Waals surface area contributed by atoms with Crippen LogP contribution in [0.25, 0.3) is 0 Å². The van der Waals surface area contributed by atoms with Gasteiger partial charge in [0.15, 0.2) is 0 Å². The van der Waals surface area contributed by atoms with Gasteiger partial charge in [0.05, 0.1) is 17.1 Å². The number of rotatable bonds is 6. The highest BCUT2D eigenvalue weighted by atomic mass is 16.6. The van der Waals surface area contributed by atoms with Gasteiger partial charge in [-0.1, -0.05) is 36.4 Å². The van der Waals surface area contributed by atoms with Crippen LogP contribution in [0.2, 0.25) is 0 Å². The molecule has 0 aliphatic heterocycles. The first-order valence-electron chi connectivity index (χ1n) is 9.17. The zero-order valence-corrected chi connectivity index (χ0v) is 17.0. The molecule has 28 heavy (non-hydrogen) atoms. The molecule has 0 heterocycles. The molecule has 0 spiro atoms. The lowest BCUT2D eigenvalue weighted by Crippen LogP contribution is -2.62. The third-order valence-electron chi connectivity index (χ3n) is 4.51. The van der Waals surface area contributed by atoms with E-state index >= 15 is 0 Å². The second-order valence-corrected chi connectivity index (χ2v) is 8.35. The molecule has 0 bridgehead atoms. The highest BCUT2D eigenvalue weighted by Crippen LogP contribution is 2.37. The first-order chi connectivity index (χ1) is 12.9. The van der Waals surface area contributed by atoms with Crippen molar-refractivity contribution in [1.82, 2.24) is 5.32 Å². The number of carbonyl (C=O) groups is 1. The van der Waals surface area contributed by atoms with Crippen LogP contribution >= 0.6 is 0 Å². The number of nitrogens with one attached hydrogen (secondary N) is 1. The lowest BCUT2D eigenvalue weighted by atomic mass is 9.77. The van der Waals surface area contributed by atoms with E-state index in [0.29, 0.717) is 6.42 Å². The Balaban J connectivity index is 2.33. The van der Waals surface area contributed by atoms with Gasteiger partial charge in [-0.2, -0.15) is 0 Å². The number of carbonyl (C=O) groups excluding carboxylic acids is 1. The molecule has 1 atom stereocenters. The van der Waals surface area contributed by atoms with E-state index in [0.717, 1.165) is 5.56 Å². The number of ether oxygens (including phenoxy) is 2. The minimum Gasteiger partial charge on any atom is -0.444 e. The van der Waals surface area contributed by atoms with Crippen LogP contribution in [0.1, 0.15) is 46.6 Å². The summed E-state index contributed by atoms with van der Waals surface area (Å²) < 4.78 is 11.6.